The van der Waals surface area contributed by atoms with Crippen molar-refractivity contribution in [3.8, 4) is 0 Å². The van der Waals surface area contributed by atoms with Crippen LogP contribution in [-0.4, -0.2) is 48.1 Å². The lowest BCUT2D eigenvalue weighted by atomic mass is 10.2. The molecule has 1 aromatic heterocycles. The number of aromatic nitrogens is 2. The van der Waals surface area contributed by atoms with Crippen molar-refractivity contribution in [2.24, 2.45) is 0 Å². The smallest absolute Gasteiger partial charge is 0.270 e. The Morgan fingerprint density at radius 3 is 2.42 bits per heavy atom. The molecule has 0 radical (unpaired) electrons. The van der Waals surface area contributed by atoms with Crippen LogP contribution in [0.4, 0.5) is 15.9 Å². The minimum atomic E-state index is -0.202. The molecule has 7 heteroatoms. The average Bonchev–Trinajstić information content (AvgIpc) is 2.61. The van der Waals surface area contributed by atoms with E-state index in [4.69, 9.17) is 0 Å². The highest BCUT2D eigenvalue weighted by Crippen LogP contribution is 2.22. The fraction of sp³-hybridized carbons (Fsp3) is 0.421. The van der Waals surface area contributed by atoms with Crippen LogP contribution in [0.2, 0.25) is 0 Å². The number of carbonyl (C=O) groups excluding carboxylic acids is 1. The molecule has 0 saturated carbocycles. The molecule has 0 aliphatic carbocycles. The minimum absolute atomic E-state index is 0.0468. The molecule has 138 valence electrons. The summed E-state index contributed by atoms with van der Waals surface area (Å²) >= 11 is 0. The summed E-state index contributed by atoms with van der Waals surface area (Å²) in [7, 11) is 0. The zero-order chi connectivity index (χ0) is 18.7. The van der Waals surface area contributed by atoms with Gasteiger partial charge in [-0.15, -0.1) is 0 Å². The quantitative estimate of drug-likeness (QED) is 0.910. The number of nitrogens with one attached hydrogen (secondary N) is 1. The van der Waals surface area contributed by atoms with Gasteiger partial charge in [0.2, 0.25) is 0 Å². The minimum Gasteiger partial charge on any atom is -0.366 e. The fourth-order valence-corrected chi connectivity index (χ4v) is 3.05. The van der Waals surface area contributed by atoms with Crippen LogP contribution in [-0.2, 0) is 0 Å². The van der Waals surface area contributed by atoms with E-state index < -0.39 is 0 Å². The Morgan fingerprint density at radius 1 is 1.12 bits per heavy atom. The molecule has 0 bridgehead atoms. The van der Waals surface area contributed by atoms with Gasteiger partial charge in [-0.05, 0) is 32.9 Å². The third-order valence-electron chi connectivity index (χ3n) is 4.27. The third-order valence-corrected chi connectivity index (χ3v) is 4.27. The van der Waals surface area contributed by atoms with Gasteiger partial charge in [-0.25, -0.2) is 14.4 Å². The van der Waals surface area contributed by atoms with E-state index >= 15 is 0 Å². The third kappa shape index (κ3) is 4.09. The Kier molecular flexibility index (Phi) is 5.35. The standard InChI is InChI=1S/C19H24FN5O/c1-13(2)21-19(26)16-12-18(23-14(3)22-16)25-10-8-24(9-11-25)17-7-5-4-6-15(17)20/h4-7,12-13H,8-11H2,1-3H3,(H,21,26). The van der Waals surface area contributed by atoms with Crippen LogP contribution in [0.1, 0.15) is 30.2 Å². The van der Waals surface area contributed by atoms with Gasteiger partial charge in [0.25, 0.3) is 5.91 Å². The van der Waals surface area contributed by atoms with E-state index in [0.717, 1.165) is 5.82 Å². The molecule has 1 aromatic carbocycles. The molecule has 26 heavy (non-hydrogen) atoms. The van der Waals surface area contributed by atoms with Crippen molar-refractivity contribution < 1.29 is 9.18 Å². The predicted molar refractivity (Wildman–Crippen MR) is 100 cm³/mol. The number of aryl methyl sites for hydroxylation is 1. The maximum absolute atomic E-state index is 14.0. The van der Waals surface area contributed by atoms with Crippen molar-refractivity contribution in [1.29, 1.82) is 0 Å². The molecule has 0 spiro atoms. The molecule has 1 aliphatic rings. The first-order valence-corrected chi connectivity index (χ1v) is 8.85. The van der Waals surface area contributed by atoms with Gasteiger partial charge in [0.1, 0.15) is 23.2 Å². The van der Waals surface area contributed by atoms with Crippen LogP contribution in [0, 0.1) is 12.7 Å². The number of carbonyl (C=O) groups is 1. The number of benzene rings is 1. The number of amides is 1. The number of halogens is 1. The second kappa shape index (κ2) is 7.68. The molecule has 1 N–H and O–H groups in total. The van der Waals surface area contributed by atoms with E-state index in [9.17, 15) is 9.18 Å². The van der Waals surface area contributed by atoms with Gasteiger partial charge in [0.05, 0.1) is 5.69 Å². The Labute approximate surface area is 153 Å². The average molecular weight is 357 g/mol. The van der Waals surface area contributed by atoms with Gasteiger partial charge < -0.3 is 15.1 Å². The number of nitrogens with zero attached hydrogens (tertiary/aromatic N) is 4. The van der Waals surface area contributed by atoms with Gasteiger partial charge >= 0.3 is 0 Å². The monoisotopic (exact) mass is 357 g/mol. The van der Waals surface area contributed by atoms with E-state index in [1.807, 2.05) is 24.8 Å². The summed E-state index contributed by atoms with van der Waals surface area (Å²) in [6.45, 7) is 8.40. The topological polar surface area (TPSA) is 61.4 Å². The van der Waals surface area contributed by atoms with Crippen molar-refractivity contribution in [3.63, 3.8) is 0 Å². The molecule has 6 nitrogen and oxygen atoms in total. The number of para-hydroxylation sites is 1. The summed E-state index contributed by atoms with van der Waals surface area (Å²) in [5, 5.41) is 2.85. The first kappa shape index (κ1) is 18.1. The first-order valence-electron chi connectivity index (χ1n) is 8.85. The second-order valence-corrected chi connectivity index (χ2v) is 6.71. The van der Waals surface area contributed by atoms with Crippen LogP contribution in [0.15, 0.2) is 30.3 Å². The van der Waals surface area contributed by atoms with Crippen molar-refractivity contribution in [2.45, 2.75) is 26.8 Å². The number of anilines is 2. The van der Waals surface area contributed by atoms with Crippen LogP contribution in [0.3, 0.4) is 0 Å². The van der Waals surface area contributed by atoms with Crippen LogP contribution >= 0.6 is 0 Å². The van der Waals surface area contributed by atoms with Gasteiger partial charge in [0.15, 0.2) is 0 Å². The summed E-state index contributed by atoms with van der Waals surface area (Å²) in [4.78, 5) is 25.1. The lowest BCUT2D eigenvalue weighted by Gasteiger charge is -2.37. The summed E-state index contributed by atoms with van der Waals surface area (Å²) in [5.74, 6) is 0.899. The lowest BCUT2D eigenvalue weighted by Crippen LogP contribution is -2.47. The van der Waals surface area contributed by atoms with E-state index in [0.29, 0.717) is 43.4 Å². The highest BCUT2D eigenvalue weighted by molar-refractivity contribution is 5.93. The first-order chi connectivity index (χ1) is 12.4. The Morgan fingerprint density at radius 2 is 1.77 bits per heavy atom. The second-order valence-electron chi connectivity index (χ2n) is 6.71. The zero-order valence-corrected chi connectivity index (χ0v) is 15.4. The molecule has 2 aromatic rings. The molecule has 1 amide bonds. The summed E-state index contributed by atoms with van der Waals surface area (Å²) in [6, 6.07) is 8.60. The van der Waals surface area contributed by atoms with Crippen molar-refractivity contribution in [2.75, 3.05) is 36.0 Å². The highest BCUT2D eigenvalue weighted by atomic mass is 19.1. The molecule has 0 atom stereocenters. The van der Waals surface area contributed by atoms with Crippen LogP contribution in [0.5, 0.6) is 0 Å². The molecule has 1 aliphatic heterocycles. The van der Waals surface area contributed by atoms with Gasteiger partial charge in [0, 0.05) is 38.3 Å². The molecular weight excluding hydrogens is 333 g/mol. The highest BCUT2D eigenvalue weighted by Gasteiger charge is 2.22. The molecule has 3 rings (SSSR count). The summed E-state index contributed by atoms with van der Waals surface area (Å²) in [5.41, 5.74) is 1.00. The lowest BCUT2D eigenvalue weighted by molar-refractivity contribution is 0.0937. The Balaban J connectivity index is 1.72. The molecular formula is C19H24FN5O. The van der Waals surface area contributed by atoms with Crippen molar-refractivity contribution in [3.05, 3.63) is 47.7 Å². The van der Waals surface area contributed by atoms with Gasteiger partial charge in [-0.1, -0.05) is 12.1 Å². The van der Waals surface area contributed by atoms with E-state index in [1.165, 1.54) is 6.07 Å². The van der Waals surface area contributed by atoms with Gasteiger partial charge in [-0.2, -0.15) is 0 Å². The molecule has 0 unspecified atom stereocenters. The molecule has 1 fully saturated rings. The Hall–Kier alpha value is -2.70. The molecule has 1 saturated heterocycles. The van der Waals surface area contributed by atoms with Crippen molar-refractivity contribution >= 4 is 17.4 Å². The summed E-state index contributed by atoms with van der Waals surface area (Å²) < 4.78 is 14.0. The number of hydrogen-bond acceptors (Lipinski definition) is 5. The van der Waals surface area contributed by atoms with E-state index in [1.54, 1.807) is 25.1 Å². The SMILES string of the molecule is Cc1nc(C(=O)NC(C)C)cc(N2CCN(c3ccccc3F)CC2)n1. The fourth-order valence-electron chi connectivity index (χ4n) is 3.05. The van der Waals surface area contributed by atoms with Crippen LogP contribution in [0.25, 0.3) is 0 Å². The van der Waals surface area contributed by atoms with E-state index in [-0.39, 0.29) is 17.8 Å². The Bertz CT molecular complexity index is 787. The largest absolute Gasteiger partial charge is 0.366 e. The summed E-state index contributed by atoms with van der Waals surface area (Å²) in [6.07, 6.45) is 0. The van der Waals surface area contributed by atoms with E-state index in [2.05, 4.69) is 20.2 Å². The molecule has 2 heterocycles. The number of piperazine rings is 1. The van der Waals surface area contributed by atoms with Crippen LogP contribution < -0.4 is 15.1 Å². The predicted octanol–water partition coefficient (Wildman–Crippen LogP) is 2.39. The number of hydrogen-bond donors (Lipinski definition) is 1. The van der Waals surface area contributed by atoms with Gasteiger partial charge in [-0.3, -0.25) is 4.79 Å². The maximum Gasteiger partial charge on any atom is 0.270 e. The maximum atomic E-state index is 14.0. The number of rotatable bonds is 4. The van der Waals surface area contributed by atoms with Crippen molar-refractivity contribution in [1.82, 2.24) is 15.3 Å². The zero-order valence-electron chi connectivity index (χ0n) is 15.4. The normalized spacial score (nSPS) is 14.7.